The molecule has 3 rings (SSSR count). The summed E-state index contributed by atoms with van der Waals surface area (Å²) in [4.78, 5) is 0. The van der Waals surface area contributed by atoms with Crippen LogP contribution < -0.4 is 10.1 Å². The zero-order chi connectivity index (χ0) is 16.8. The third-order valence-electron chi connectivity index (χ3n) is 4.15. The summed E-state index contributed by atoms with van der Waals surface area (Å²) in [5.41, 5.74) is 2.09. The van der Waals surface area contributed by atoms with Crippen LogP contribution in [0.4, 0.5) is 0 Å². The Morgan fingerprint density at radius 2 is 1.96 bits per heavy atom. The van der Waals surface area contributed by atoms with E-state index in [0.717, 1.165) is 35.3 Å². The first-order valence-electron chi connectivity index (χ1n) is 8.26. The van der Waals surface area contributed by atoms with Crippen molar-refractivity contribution in [2.45, 2.75) is 25.4 Å². The first-order valence-corrected chi connectivity index (χ1v) is 8.26. The predicted molar refractivity (Wildman–Crippen MR) is 95.1 cm³/mol. The lowest BCUT2D eigenvalue weighted by Crippen LogP contribution is -2.21. The van der Waals surface area contributed by atoms with E-state index >= 15 is 0 Å². The van der Waals surface area contributed by atoms with Crippen LogP contribution in [0.5, 0.6) is 5.75 Å². The first-order chi connectivity index (χ1) is 11.8. The quantitative estimate of drug-likeness (QED) is 0.656. The first kappa shape index (κ1) is 16.6. The Kier molecular flexibility index (Phi) is 5.51. The molecule has 0 aliphatic carbocycles. The van der Waals surface area contributed by atoms with Gasteiger partial charge < -0.3 is 19.6 Å². The van der Waals surface area contributed by atoms with Crippen LogP contribution in [0.2, 0.25) is 0 Å². The van der Waals surface area contributed by atoms with Crippen LogP contribution in [0.1, 0.15) is 30.2 Å². The van der Waals surface area contributed by atoms with Crippen LogP contribution in [-0.4, -0.2) is 18.8 Å². The molecule has 4 heteroatoms. The number of hydrogen-bond acceptors (Lipinski definition) is 4. The number of hydrogen-bond donors (Lipinski definition) is 2. The molecule has 0 radical (unpaired) electrons. The molecule has 0 saturated heterocycles. The normalized spacial score (nSPS) is 12.4. The van der Waals surface area contributed by atoms with E-state index in [4.69, 9.17) is 14.3 Å². The maximum absolute atomic E-state index is 9.13. The summed E-state index contributed by atoms with van der Waals surface area (Å²) < 4.78 is 11.1. The van der Waals surface area contributed by atoms with Crippen LogP contribution in [-0.2, 0) is 6.54 Å². The number of ether oxygens (including phenoxy) is 1. The van der Waals surface area contributed by atoms with Crippen LogP contribution in [0.15, 0.2) is 59.0 Å². The number of furan rings is 1. The van der Waals surface area contributed by atoms with Crippen molar-refractivity contribution >= 4 is 11.0 Å². The van der Waals surface area contributed by atoms with Gasteiger partial charge in [-0.15, -0.1) is 0 Å². The van der Waals surface area contributed by atoms with E-state index in [-0.39, 0.29) is 12.6 Å². The number of fused-ring (bicyclic) bond motifs is 1. The molecule has 2 aromatic carbocycles. The molecule has 0 saturated carbocycles. The molecule has 0 fully saturated rings. The number of aliphatic hydroxyl groups excluding tert-OH is 1. The highest BCUT2D eigenvalue weighted by molar-refractivity contribution is 5.79. The second-order valence-electron chi connectivity index (χ2n) is 5.83. The van der Waals surface area contributed by atoms with Gasteiger partial charge in [0.15, 0.2) is 0 Å². The van der Waals surface area contributed by atoms with E-state index in [1.807, 2.05) is 42.5 Å². The van der Waals surface area contributed by atoms with Gasteiger partial charge in [0.05, 0.1) is 13.7 Å². The third-order valence-corrected chi connectivity index (χ3v) is 4.15. The lowest BCUT2D eigenvalue weighted by molar-refractivity contribution is 0.274. The fraction of sp³-hybridized carbons (Fsp3) is 0.300. The van der Waals surface area contributed by atoms with Crippen molar-refractivity contribution < 1.29 is 14.3 Å². The standard InChI is InChI=1S/C20H23NO3/c1-23-17-9-10-20-16(12-17)13-18(24-20)14-21-19(8-5-11-22)15-6-3-2-4-7-15/h2-4,6-7,9-10,12-13,19,21-22H,5,8,11,14H2,1H3. The van der Waals surface area contributed by atoms with E-state index in [1.54, 1.807) is 7.11 Å². The highest BCUT2D eigenvalue weighted by atomic mass is 16.5. The molecule has 0 aliphatic heterocycles. The van der Waals surface area contributed by atoms with Gasteiger partial charge >= 0.3 is 0 Å². The smallest absolute Gasteiger partial charge is 0.134 e. The Morgan fingerprint density at radius 3 is 2.71 bits per heavy atom. The molecule has 0 aliphatic rings. The predicted octanol–water partition coefficient (Wildman–Crippen LogP) is 4.04. The number of nitrogens with one attached hydrogen (secondary N) is 1. The Balaban J connectivity index is 1.71. The molecule has 3 aromatic rings. The molecule has 1 unspecified atom stereocenters. The van der Waals surface area contributed by atoms with Crippen molar-refractivity contribution in [2.75, 3.05) is 13.7 Å². The highest BCUT2D eigenvalue weighted by Gasteiger charge is 2.12. The highest BCUT2D eigenvalue weighted by Crippen LogP contribution is 2.25. The fourth-order valence-electron chi connectivity index (χ4n) is 2.88. The molecule has 24 heavy (non-hydrogen) atoms. The molecule has 1 aromatic heterocycles. The van der Waals surface area contributed by atoms with Gasteiger partial charge in [0, 0.05) is 18.0 Å². The molecule has 1 heterocycles. The van der Waals surface area contributed by atoms with Crippen LogP contribution in [0, 0.1) is 0 Å². The number of aliphatic hydroxyl groups is 1. The van der Waals surface area contributed by atoms with E-state index < -0.39 is 0 Å². The monoisotopic (exact) mass is 325 g/mol. The molecule has 126 valence electrons. The average Bonchev–Trinajstić information content (AvgIpc) is 3.04. The van der Waals surface area contributed by atoms with Gasteiger partial charge in [0.2, 0.25) is 0 Å². The summed E-state index contributed by atoms with van der Waals surface area (Å²) in [6, 6.07) is 18.3. The molecule has 0 bridgehead atoms. The third kappa shape index (κ3) is 3.96. The van der Waals surface area contributed by atoms with E-state index in [0.29, 0.717) is 6.54 Å². The Bertz CT molecular complexity index is 767. The van der Waals surface area contributed by atoms with Crippen LogP contribution in [0.25, 0.3) is 11.0 Å². The molecule has 0 spiro atoms. The molecular weight excluding hydrogens is 302 g/mol. The van der Waals surface area contributed by atoms with Gasteiger partial charge in [-0.2, -0.15) is 0 Å². The van der Waals surface area contributed by atoms with Gasteiger partial charge in [-0.3, -0.25) is 0 Å². The van der Waals surface area contributed by atoms with Crippen molar-refractivity contribution in [3.63, 3.8) is 0 Å². The van der Waals surface area contributed by atoms with Gasteiger partial charge in [0.1, 0.15) is 17.1 Å². The Morgan fingerprint density at radius 1 is 1.12 bits per heavy atom. The topological polar surface area (TPSA) is 54.6 Å². The van der Waals surface area contributed by atoms with Crippen LogP contribution in [0.3, 0.4) is 0 Å². The van der Waals surface area contributed by atoms with Gasteiger partial charge in [0.25, 0.3) is 0 Å². The van der Waals surface area contributed by atoms with Gasteiger partial charge in [-0.25, -0.2) is 0 Å². The lowest BCUT2D eigenvalue weighted by Gasteiger charge is -2.18. The number of methoxy groups -OCH3 is 1. The van der Waals surface area contributed by atoms with E-state index in [1.165, 1.54) is 5.56 Å². The molecular formula is C20H23NO3. The molecule has 2 N–H and O–H groups in total. The summed E-state index contributed by atoms with van der Waals surface area (Å²) in [7, 11) is 1.66. The number of benzene rings is 2. The maximum Gasteiger partial charge on any atom is 0.134 e. The zero-order valence-corrected chi connectivity index (χ0v) is 13.9. The van der Waals surface area contributed by atoms with Crippen molar-refractivity contribution in [2.24, 2.45) is 0 Å². The van der Waals surface area contributed by atoms with E-state index in [2.05, 4.69) is 17.4 Å². The fourth-order valence-corrected chi connectivity index (χ4v) is 2.88. The molecule has 4 nitrogen and oxygen atoms in total. The van der Waals surface area contributed by atoms with Crippen molar-refractivity contribution in [1.29, 1.82) is 0 Å². The van der Waals surface area contributed by atoms with E-state index in [9.17, 15) is 0 Å². The maximum atomic E-state index is 9.13. The van der Waals surface area contributed by atoms with Crippen molar-refractivity contribution in [3.8, 4) is 5.75 Å². The summed E-state index contributed by atoms with van der Waals surface area (Å²) in [5, 5.41) is 13.7. The largest absolute Gasteiger partial charge is 0.497 e. The number of rotatable bonds is 8. The summed E-state index contributed by atoms with van der Waals surface area (Å²) in [6.07, 6.45) is 1.65. The molecule has 0 amide bonds. The minimum absolute atomic E-state index is 0.195. The second kappa shape index (κ2) is 7.99. The summed E-state index contributed by atoms with van der Waals surface area (Å²) in [5.74, 6) is 1.72. The van der Waals surface area contributed by atoms with Gasteiger partial charge in [-0.05, 0) is 42.7 Å². The van der Waals surface area contributed by atoms with Gasteiger partial charge in [-0.1, -0.05) is 30.3 Å². The Labute approximate surface area is 142 Å². The summed E-state index contributed by atoms with van der Waals surface area (Å²) in [6.45, 7) is 0.845. The SMILES string of the molecule is COc1ccc2oc(CNC(CCCO)c3ccccc3)cc2c1. The second-order valence-corrected chi connectivity index (χ2v) is 5.83. The average molecular weight is 325 g/mol. The zero-order valence-electron chi connectivity index (χ0n) is 13.9. The van der Waals surface area contributed by atoms with Crippen LogP contribution >= 0.6 is 0 Å². The molecule has 1 atom stereocenters. The minimum Gasteiger partial charge on any atom is -0.497 e. The Hall–Kier alpha value is -2.30. The summed E-state index contributed by atoms with van der Waals surface area (Å²) >= 11 is 0. The lowest BCUT2D eigenvalue weighted by atomic mass is 10.0. The van der Waals surface area contributed by atoms with Crippen molar-refractivity contribution in [3.05, 3.63) is 65.9 Å². The van der Waals surface area contributed by atoms with Crippen molar-refractivity contribution in [1.82, 2.24) is 5.32 Å². The minimum atomic E-state index is 0.195.